The molecule has 3 nitrogen and oxygen atoms in total. The van der Waals surface area contributed by atoms with Crippen molar-refractivity contribution >= 4 is 11.8 Å². The fourth-order valence-corrected chi connectivity index (χ4v) is 3.45. The summed E-state index contributed by atoms with van der Waals surface area (Å²) in [7, 11) is 0. The zero-order chi connectivity index (χ0) is 11.4. The average Bonchev–Trinajstić information content (AvgIpc) is 2.69. The number of thioether (sulfide) groups is 1. The molecule has 1 fully saturated rings. The minimum atomic E-state index is 0.559. The van der Waals surface area contributed by atoms with E-state index < -0.39 is 0 Å². The number of aromatic nitrogens is 1. The molecule has 0 aromatic carbocycles. The molecule has 1 atom stereocenters. The lowest BCUT2D eigenvalue weighted by molar-refractivity contribution is 0.464. The van der Waals surface area contributed by atoms with Gasteiger partial charge in [0.25, 0.3) is 0 Å². The van der Waals surface area contributed by atoms with Crippen LogP contribution < -0.4 is 5.73 Å². The van der Waals surface area contributed by atoms with Gasteiger partial charge in [-0.15, -0.1) is 0 Å². The van der Waals surface area contributed by atoms with Crippen molar-refractivity contribution in [3.05, 3.63) is 17.3 Å². The third-order valence-corrected chi connectivity index (χ3v) is 4.34. The van der Waals surface area contributed by atoms with Crippen LogP contribution in [0.2, 0.25) is 0 Å². The minimum absolute atomic E-state index is 0.559. The number of oxazole rings is 1. The largest absolute Gasteiger partial charge is 0.446 e. The minimum Gasteiger partial charge on any atom is -0.446 e. The number of nitrogens with zero attached hydrogens (tertiary/aromatic N) is 1. The van der Waals surface area contributed by atoms with Gasteiger partial charge in [-0.3, -0.25) is 0 Å². The smallest absolute Gasteiger partial charge is 0.194 e. The highest BCUT2D eigenvalue weighted by atomic mass is 32.2. The van der Waals surface area contributed by atoms with Crippen molar-refractivity contribution in [2.45, 2.75) is 44.3 Å². The van der Waals surface area contributed by atoms with Crippen LogP contribution in [0, 0.1) is 6.92 Å². The summed E-state index contributed by atoms with van der Waals surface area (Å²) >= 11 is 2.02. The van der Waals surface area contributed by atoms with Gasteiger partial charge in [0.1, 0.15) is 5.76 Å². The van der Waals surface area contributed by atoms with E-state index in [0.717, 1.165) is 24.5 Å². The predicted octanol–water partition coefficient (Wildman–Crippen LogP) is 2.83. The zero-order valence-corrected chi connectivity index (χ0v) is 10.7. The van der Waals surface area contributed by atoms with Gasteiger partial charge in [-0.05, 0) is 38.5 Å². The van der Waals surface area contributed by atoms with Crippen molar-refractivity contribution in [3.8, 4) is 0 Å². The van der Waals surface area contributed by atoms with E-state index in [2.05, 4.69) is 4.98 Å². The maximum Gasteiger partial charge on any atom is 0.194 e. The van der Waals surface area contributed by atoms with E-state index in [1.807, 2.05) is 18.7 Å². The van der Waals surface area contributed by atoms with E-state index in [1.165, 1.54) is 30.7 Å². The lowest BCUT2D eigenvalue weighted by Gasteiger charge is -2.19. The number of nitrogens with two attached hydrogens (primary N) is 1. The fraction of sp³-hybridized carbons (Fsp3) is 0.750. The number of hydrogen-bond acceptors (Lipinski definition) is 4. The van der Waals surface area contributed by atoms with Gasteiger partial charge in [-0.25, -0.2) is 4.98 Å². The van der Waals surface area contributed by atoms with E-state index in [0.29, 0.717) is 11.8 Å². The molecule has 1 aliphatic rings. The lowest BCUT2D eigenvalue weighted by atomic mass is 10.1. The summed E-state index contributed by atoms with van der Waals surface area (Å²) in [5, 5.41) is 0.559. The molecule has 2 heterocycles. The Hall–Kier alpha value is -0.480. The summed E-state index contributed by atoms with van der Waals surface area (Å²) in [5.41, 5.74) is 6.67. The molecule has 4 heteroatoms. The second-order valence-corrected chi connectivity index (χ2v) is 5.61. The molecular formula is C12H20N2OS. The third-order valence-electron chi connectivity index (χ3n) is 2.96. The molecule has 0 radical (unpaired) electrons. The van der Waals surface area contributed by atoms with E-state index in [1.54, 1.807) is 0 Å². The maximum atomic E-state index is 5.69. The lowest BCUT2D eigenvalue weighted by Crippen LogP contribution is -2.04. The first-order chi connectivity index (χ1) is 7.81. The Labute approximate surface area is 101 Å². The van der Waals surface area contributed by atoms with Crippen molar-refractivity contribution in [1.29, 1.82) is 0 Å². The normalized spacial score (nSPS) is 21.2. The molecule has 16 heavy (non-hydrogen) atoms. The Morgan fingerprint density at radius 1 is 1.50 bits per heavy atom. The van der Waals surface area contributed by atoms with Crippen LogP contribution in [0.3, 0.4) is 0 Å². The summed E-state index contributed by atoms with van der Waals surface area (Å²) in [5.74, 6) is 3.13. The molecule has 1 aromatic rings. The summed E-state index contributed by atoms with van der Waals surface area (Å²) in [6.45, 7) is 2.73. The molecule has 0 aliphatic carbocycles. The summed E-state index contributed by atoms with van der Waals surface area (Å²) in [6.07, 6.45) is 5.74. The molecule has 1 unspecified atom stereocenters. The highest BCUT2D eigenvalue weighted by molar-refractivity contribution is 7.99. The van der Waals surface area contributed by atoms with Crippen LogP contribution in [-0.4, -0.2) is 17.3 Å². The second-order valence-electron chi connectivity index (χ2n) is 4.30. The van der Waals surface area contributed by atoms with Crippen LogP contribution in [0.1, 0.15) is 48.3 Å². The van der Waals surface area contributed by atoms with Crippen LogP contribution in [0.5, 0.6) is 0 Å². The number of rotatable bonds is 4. The average molecular weight is 240 g/mol. The van der Waals surface area contributed by atoms with Crippen LogP contribution in [0.15, 0.2) is 4.42 Å². The molecule has 1 aromatic heterocycles. The second kappa shape index (κ2) is 5.73. The SMILES string of the molecule is Cc1oc(CCCN)nc1C1CCCCS1. The van der Waals surface area contributed by atoms with Gasteiger partial charge in [0.05, 0.1) is 10.9 Å². The quantitative estimate of drug-likeness (QED) is 0.879. The van der Waals surface area contributed by atoms with E-state index in [9.17, 15) is 0 Å². The molecule has 0 spiro atoms. The van der Waals surface area contributed by atoms with Crippen LogP contribution in [0.25, 0.3) is 0 Å². The van der Waals surface area contributed by atoms with Gasteiger partial charge in [-0.2, -0.15) is 11.8 Å². The van der Waals surface area contributed by atoms with E-state index >= 15 is 0 Å². The van der Waals surface area contributed by atoms with Crippen molar-refractivity contribution < 1.29 is 4.42 Å². The highest BCUT2D eigenvalue weighted by Gasteiger charge is 2.22. The number of hydrogen-bond donors (Lipinski definition) is 1. The predicted molar refractivity (Wildman–Crippen MR) is 67.7 cm³/mol. The van der Waals surface area contributed by atoms with Gasteiger partial charge in [0.15, 0.2) is 5.89 Å². The molecule has 1 saturated heterocycles. The Bertz CT molecular complexity index is 332. The fourth-order valence-electron chi connectivity index (χ4n) is 2.08. The molecular weight excluding hydrogens is 220 g/mol. The van der Waals surface area contributed by atoms with E-state index in [4.69, 9.17) is 10.2 Å². The molecule has 2 N–H and O–H groups in total. The molecule has 90 valence electrons. The van der Waals surface area contributed by atoms with Gasteiger partial charge >= 0.3 is 0 Å². The Kier molecular flexibility index (Phi) is 4.29. The molecule has 0 bridgehead atoms. The van der Waals surface area contributed by atoms with Crippen molar-refractivity contribution in [1.82, 2.24) is 4.98 Å². The molecule has 2 rings (SSSR count). The van der Waals surface area contributed by atoms with Gasteiger partial charge in [0.2, 0.25) is 0 Å². The number of aryl methyl sites for hydroxylation is 2. The molecule has 0 saturated carbocycles. The van der Waals surface area contributed by atoms with E-state index in [-0.39, 0.29) is 0 Å². The van der Waals surface area contributed by atoms with Crippen LogP contribution >= 0.6 is 11.8 Å². The first-order valence-electron chi connectivity index (χ1n) is 6.09. The Morgan fingerprint density at radius 3 is 3.06 bits per heavy atom. The van der Waals surface area contributed by atoms with Crippen molar-refractivity contribution in [2.24, 2.45) is 5.73 Å². The van der Waals surface area contributed by atoms with Crippen molar-refractivity contribution in [2.75, 3.05) is 12.3 Å². The molecule has 0 amide bonds. The third kappa shape index (κ3) is 2.80. The summed E-state index contributed by atoms with van der Waals surface area (Å²) < 4.78 is 5.69. The van der Waals surface area contributed by atoms with Gasteiger partial charge < -0.3 is 10.2 Å². The maximum absolute atomic E-state index is 5.69. The molecule has 1 aliphatic heterocycles. The van der Waals surface area contributed by atoms with Crippen molar-refractivity contribution in [3.63, 3.8) is 0 Å². The van der Waals surface area contributed by atoms with Crippen LogP contribution in [0.4, 0.5) is 0 Å². The zero-order valence-electron chi connectivity index (χ0n) is 9.87. The highest BCUT2D eigenvalue weighted by Crippen LogP contribution is 2.39. The first-order valence-corrected chi connectivity index (χ1v) is 7.14. The van der Waals surface area contributed by atoms with Gasteiger partial charge in [0, 0.05) is 6.42 Å². The summed E-state index contributed by atoms with van der Waals surface area (Å²) in [4.78, 5) is 4.63. The van der Waals surface area contributed by atoms with Crippen LogP contribution in [-0.2, 0) is 6.42 Å². The first kappa shape index (κ1) is 12.0. The Balaban J connectivity index is 2.04. The standard InChI is InChI=1S/C12H20N2OS/c1-9-12(10-5-2-3-8-16-10)14-11(15-9)6-4-7-13/h10H,2-8,13H2,1H3. The topological polar surface area (TPSA) is 52.0 Å². The monoisotopic (exact) mass is 240 g/mol. The van der Waals surface area contributed by atoms with Gasteiger partial charge in [-0.1, -0.05) is 6.42 Å². The summed E-state index contributed by atoms with van der Waals surface area (Å²) in [6, 6.07) is 0. The Morgan fingerprint density at radius 2 is 2.38 bits per heavy atom.